The molecule has 4 heteroatoms. The van der Waals surface area contributed by atoms with Crippen LogP contribution in [0, 0.1) is 0 Å². The minimum Gasteiger partial charge on any atom is -0.364 e. The van der Waals surface area contributed by atoms with Crippen molar-refractivity contribution in [2.24, 2.45) is 4.99 Å². The summed E-state index contributed by atoms with van der Waals surface area (Å²) in [6, 6.07) is 8.67. The van der Waals surface area contributed by atoms with Crippen LogP contribution < -0.4 is 15.5 Å². The smallest absolute Gasteiger partial charge is 0.191 e. The zero-order chi connectivity index (χ0) is 14.2. The third-order valence-electron chi connectivity index (χ3n) is 3.32. The van der Waals surface area contributed by atoms with E-state index in [4.69, 9.17) is 0 Å². The van der Waals surface area contributed by atoms with E-state index in [1.165, 1.54) is 11.3 Å². The normalized spacial score (nSPS) is 14.7. The Morgan fingerprint density at radius 3 is 2.75 bits per heavy atom. The zero-order valence-corrected chi connectivity index (χ0v) is 12.4. The summed E-state index contributed by atoms with van der Waals surface area (Å²) in [5, 5.41) is 6.62. The molecule has 0 saturated heterocycles. The van der Waals surface area contributed by atoms with Crippen LogP contribution >= 0.6 is 0 Å². The van der Waals surface area contributed by atoms with E-state index in [2.05, 4.69) is 63.9 Å². The summed E-state index contributed by atoms with van der Waals surface area (Å²) in [5.74, 6) is 0.861. The number of rotatable bonds is 5. The Bertz CT molecular complexity index is 471. The second-order valence-electron chi connectivity index (χ2n) is 4.90. The van der Waals surface area contributed by atoms with Crippen LogP contribution in [0.15, 0.2) is 41.4 Å². The molecule has 0 saturated carbocycles. The summed E-state index contributed by atoms with van der Waals surface area (Å²) in [6.45, 7) is 5.90. The highest BCUT2D eigenvalue weighted by Crippen LogP contribution is 2.18. The highest BCUT2D eigenvalue weighted by Gasteiger charge is 2.07. The van der Waals surface area contributed by atoms with Gasteiger partial charge in [0.05, 0.1) is 0 Å². The molecule has 0 aromatic heterocycles. The number of hydrogen-bond donors (Lipinski definition) is 2. The molecule has 4 nitrogen and oxygen atoms in total. The summed E-state index contributed by atoms with van der Waals surface area (Å²) >= 11 is 0. The van der Waals surface area contributed by atoms with Gasteiger partial charge in [0.2, 0.25) is 0 Å². The van der Waals surface area contributed by atoms with E-state index in [0.29, 0.717) is 0 Å². The van der Waals surface area contributed by atoms with E-state index in [1.54, 1.807) is 7.05 Å². The topological polar surface area (TPSA) is 39.7 Å². The predicted octanol–water partition coefficient (Wildman–Crippen LogP) is 2.14. The van der Waals surface area contributed by atoms with Crippen LogP contribution in [0.25, 0.3) is 0 Å². The molecule has 0 bridgehead atoms. The summed E-state index contributed by atoms with van der Waals surface area (Å²) < 4.78 is 0. The number of nitrogens with one attached hydrogen (secondary N) is 2. The molecule has 20 heavy (non-hydrogen) atoms. The van der Waals surface area contributed by atoms with Crippen LogP contribution in [-0.4, -0.2) is 32.6 Å². The van der Waals surface area contributed by atoms with Gasteiger partial charge in [-0.25, -0.2) is 0 Å². The Kier molecular flexibility index (Phi) is 5.47. The zero-order valence-electron chi connectivity index (χ0n) is 12.4. The van der Waals surface area contributed by atoms with Gasteiger partial charge in [0.15, 0.2) is 5.96 Å². The lowest BCUT2D eigenvalue weighted by Gasteiger charge is -2.19. The Morgan fingerprint density at radius 1 is 1.25 bits per heavy atom. The largest absolute Gasteiger partial charge is 0.364 e. The maximum absolute atomic E-state index is 4.21. The number of aliphatic imine (C=N–C) groups is 1. The molecule has 1 aromatic carbocycles. The molecule has 2 rings (SSSR count). The molecule has 1 aliphatic rings. The van der Waals surface area contributed by atoms with Crippen molar-refractivity contribution in [3.8, 4) is 0 Å². The molecule has 108 valence electrons. The maximum Gasteiger partial charge on any atom is 0.191 e. The second kappa shape index (κ2) is 7.58. The summed E-state index contributed by atoms with van der Waals surface area (Å²) in [4.78, 5) is 6.57. The Morgan fingerprint density at radius 2 is 2.05 bits per heavy atom. The molecule has 0 spiro atoms. The van der Waals surface area contributed by atoms with Gasteiger partial charge in [-0.1, -0.05) is 31.2 Å². The van der Waals surface area contributed by atoms with E-state index in [0.717, 1.165) is 38.6 Å². The van der Waals surface area contributed by atoms with Gasteiger partial charge in [0, 0.05) is 38.9 Å². The maximum atomic E-state index is 4.21. The molecular formula is C16H24N4. The van der Waals surface area contributed by atoms with Crippen LogP contribution in [0.3, 0.4) is 0 Å². The number of hydrogen-bond acceptors (Lipinski definition) is 2. The Labute approximate surface area is 121 Å². The van der Waals surface area contributed by atoms with Crippen molar-refractivity contribution >= 4 is 11.6 Å². The van der Waals surface area contributed by atoms with Gasteiger partial charge in [-0.05, 0) is 24.1 Å². The molecule has 1 aliphatic heterocycles. The van der Waals surface area contributed by atoms with Crippen molar-refractivity contribution in [2.45, 2.75) is 19.9 Å². The standard InChI is InChI=1S/C16H24N4/c1-3-9-18-16(17-2)19-13-14-7-6-8-15(12-14)20-10-4-5-11-20/h4-8,12H,3,9-11,13H2,1-2H3,(H2,17,18,19). The van der Waals surface area contributed by atoms with E-state index in [-0.39, 0.29) is 0 Å². The third-order valence-corrected chi connectivity index (χ3v) is 3.32. The molecule has 0 unspecified atom stereocenters. The number of benzene rings is 1. The predicted molar refractivity (Wildman–Crippen MR) is 86.3 cm³/mol. The first-order chi connectivity index (χ1) is 9.83. The van der Waals surface area contributed by atoms with Crippen LogP contribution in [0.1, 0.15) is 18.9 Å². The van der Waals surface area contributed by atoms with Gasteiger partial charge in [-0.15, -0.1) is 0 Å². The fraction of sp³-hybridized carbons (Fsp3) is 0.438. The lowest BCUT2D eigenvalue weighted by Crippen LogP contribution is -2.37. The van der Waals surface area contributed by atoms with E-state index >= 15 is 0 Å². The number of guanidine groups is 1. The summed E-state index contributed by atoms with van der Waals surface area (Å²) in [7, 11) is 1.80. The van der Waals surface area contributed by atoms with E-state index in [9.17, 15) is 0 Å². The number of anilines is 1. The lowest BCUT2D eigenvalue weighted by molar-refractivity contribution is 0.781. The van der Waals surface area contributed by atoms with Gasteiger partial charge in [-0.3, -0.25) is 4.99 Å². The summed E-state index contributed by atoms with van der Waals surface area (Å²) in [6.07, 6.45) is 5.51. The van der Waals surface area contributed by atoms with Gasteiger partial charge in [0.25, 0.3) is 0 Å². The average molecular weight is 272 g/mol. The first kappa shape index (κ1) is 14.4. The van der Waals surface area contributed by atoms with Crippen molar-refractivity contribution in [2.75, 3.05) is 31.6 Å². The first-order valence-electron chi connectivity index (χ1n) is 7.27. The molecule has 2 N–H and O–H groups in total. The van der Waals surface area contributed by atoms with Crippen LogP contribution in [0.5, 0.6) is 0 Å². The molecular weight excluding hydrogens is 248 g/mol. The number of nitrogens with zero attached hydrogens (tertiary/aromatic N) is 2. The molecule has 0 atom stereocenters. The van der Waals surface area contributed by atoms with Crippen LogP contribution in [-0.2, 0) is 6.54 Å². The summed E-state index contributed by atoms with van der Waals surface area (Å²) in [5.41, 5.74) is 2.56. The SMILES string of the molecule is CCCNC(=NC)NCc1cccc(N2CC=CC2)c1. The molecule has 0 fully saturated rings. The second-order valence-corrected chi connectivity index (χ2v) is 4.90. The van der Waals surface area contributed by atoms with Gasteiger partial charge < -0.3 is 15.5 Å². The third kappa shape index (κ3) is 4.02. The van der Waals surface area contributed by atoms with Gasteiger partial charge in [-0.2, -0.15) is 0 Å². The van der Waals surface area contributed by atoms with Crippen molar-refractivity contribution in [1.82, 2.24) is 10.6 Å². The minimum atomic E-state index is 0.790. The van der Waals surface area contributed by atoms with Crippen molar-refractivity contribution < 1.29 is 0 Å². The van der Waals surface area contributed by atoms with Crippen molar-refractivity contribution in [1.29, 1.82) is 0 Å². The lowest BCUT2D eigenvalue weighted by atomic mass is 10.2. The van der Waals surface area contributed by atoms with E-state index in [1.807, 2.05) is 0 Å². The highest BCUT2D eigenvalue weighted by atomic mass is 15.2. The molecule has 0 radical (unpaired) electrons. The molecule has 0 aliphatic carbocycles. The molecule has 1 heterocycles. The first-order valence-corrected chi connectivity index (χ1v) is 7.27. The quantitative estimate of drug-likeness (QED) is 0.490. The van der Waals surface area contributed by atoms with Crippen LogP contribution in [0.4, 0.5) is 5.69 Å². The molecule has 0 amide bonds. The average Bonchev–Trinajstić information content (AvgIpc) is 3.02. The monoisotopic (exact) mass is 272 g/mol. The Hall–Kier alpha value is -1.97. The minimum absolute atomic E-state index is 0.790. The van der Waals surface area contributed by atoms with Crippen molar-refractivity contribution in [3.63, 3.8) is 0 Å². The Balaban J connectivity index is 1.90. The van der Waals surface area contributed by atoms with E-state index < -0.39 is 0 Å². The fourth-order valence-corrected chi connectivity index (χ4v) is 2.20. The highest BCUT2D eigenvalue weighted by molar-refractivity contribution is 5.79. The van der Waals surface area contributed by atoms with Gasteiger partial charge in [0.1, 0.15) is 0 Å². The van der Waals surface area contributed by atoms with Crippen molar-refractivity contribution in [3.05, 3.63) is 42.0 Å². The van der Waals surface area contributed by atoms with Crippen LogP contribution in [0.2, 0.25) is 0 Å². The fourth-order valence-electron chi connectivity index (χ4n) is 2.20. The molecule has 1 aromatic rings. The van der Waals surface area contributed by atoms with Gasteiger partial charge >= 0.3 is 0 Å².